The Morgan fingerprint density at radius 2 is 1.92 bits per heavy atom. The third-order valence-electron chi connectivity index (χ3n) is 3.84. The van der Waals surface area contributed by atoms with Gasteiger partial charge in [-0.2, -0.15) is 5.26 Å². The molecule has 24 heavy (non-hydrogen) atoms. The summed E-state index contributed by atoms with van der Waals surface area (Å²) >= 11 is 6.03. The maximum atomic E-state index is 12.5. The number of para-hydroxylation sites is 1. The van der Waals surface area contributed by atoms with Crippen molar-refractivity contribution in [3.8, 4) is 11.8 Å². The van der Waals surface area contributed by atoms with E-state index in [1.165, 1.54) is 0 Å². The number of ether oxygens (including phenoxy) is 1. The third-order valence-corrected chi connectivity index (χ3v) is 4.15. The molecule has 0 aromatic heterocycles. The van der Waals surface area contributed by atoms with Crippen LogP contribution in [0, 0.1) is 11.3 Å². The van der Waals surface area contributed by atoms with E-state index >= 15 is 0 Å². The predicted molar refractivity (Wildman–Crippen MR) is 93.9 cm³/mol. The van der Waals surface area contributed by atoms with E-state index in [2.05, 4.69) is 6.07 Å². The van der Waals surface area contributed by atoms with Crippen molar-refractivity contribution in [1.82, 2.24) is 4.90 Å². The van der Waals surface area contributed by atoms with Gasteiger partial charge in [-0.15, -0.1) is 0 Å². The Labute approximate surface area is 147 Å². The first-order chi connectivity index (χ1) is 11.6. The van der Waals surface area contributed by atoms with Gasteiger partial charge >= 0.3 is 0 Å². The van der Waals surface area contributed by atoms with Crippen molar-refractivity contribution in [1.29, 1.82) is 5.26 Å². The first kappa shape index (κ1) is 17.8. The number of nitriles is 1. The molecule has 5 heteroatoms. The zero-order valence-corrected chi connectivity index (χ0v) is 14.5. The second-order valence-electron chi connectivity index (χ2n) is 5.31. The zero-order valence-electron chi connectivity index (χ0n) is 13.7. The minimum Gasteiger partial charge on any atom is -0.482 e. The van der Waals surface area contributed by atoms with E-state index in [0.717, 1.165) is 5.56 Å². The van der Waals surface area contributed by atoms with E-state index in [1.54, 1.807) is 29.2 Å². The molecule has 0 heterocycles. The summed E-state index contributed by atoms with van der Waals surface area (Å²) in [5, 5.41) is 9.35. The van der Waals surface area contributed by atoms with Crippen LogP contribution in [0.3, 0.4) is 0 Å². The number of carbonyl (C=O) groups excluding carboxylic acids is 1. The molecule has 0 aliphatic rings. The fraction of sp³-hybridized carbons (Fsp3) is 0.263. The summed E-state index contributed by atoms with van der Waals surface area (Å²) in [4.78, 5) is 14.2. The summed E-state index contributed by atoms with van der Waals surface area (Å²) in [6, 6.07) is 16.3. The van der Waals surface area contributed by atoms with Gasteiger partial charge in [-0.3, -0.25) is 4.79 Å². The van der Waals surface area contributed by atoms with Crippen molar-refractivity contribution in [2.24, 2.45) is 0 Å². The Hall–Kier alpha value is -2.51. The lowest BCUT2D eigenvalue weighted by Gasteiger charge is -2.28. The van der Waals surface area contributed by atoms with Crippen LogP contribution in [0.1, 0.15) is 31.0 Å². The van der Waals surface area contributed by atoms with Crippen LogP contribution in [0.25, 0.3) is 0 Å². The maximum absolute atomic E-state index is 12.5. The number of benzene rings is 2. The lowest BCUT2D eigenvalue weighted by atomic mass is 10.0. The minimum absolute atomic E-state index is 0.0712. The lowest BCUT2D eigenvalue weighted by Crippen LogP contribution is -2.36. The zero-order chi connectivity index (χ0) is 17.5. The molecule has 1 unspecified atom stereocenters. The molecule has 0 bridgehead atoms. The molecule has 0 saturated carbocycles. The van der Waals surface area contributed by atoms with E-state index in [9.17, 15) is 4.79 Å². The molecule has 0 aliphatic carbocycles. The van der Waals surface area contributed by atoms with Gasteiger partial charge in [-0.25, -0.2) is 0 Å². The van der Waals surface area contributed by atoms with Crippen molar-refractivity contribution < 1.29 is 9.53 Å². The second kappa shape index (κ2) is 8.37. The number of carbonyl (C=O) groups is 1. The molecule has 4 nitrogen and oxygen atoms in total. The molecule has 1 atom stereocenters. The largest absolute Gasteiger partial charge is 0.482 e. The minimum atomic E-state index is -0.116. The summed E-state index contributed by atoms with van der Waals surface area (Å²) in [6.07, 6.45) is 0. The van der Waals surface area contributed by atoms with Crippen LogP contribution in [0.2, 0.25) is 5.02 Å². The van der Waals surface area contributed by atoms with Gasteiger partial charge in [0.2, 0.25) is 0 Å². The van der Waals surface area contributed by atoms with E-state index in [-0.39, 0.29) is 18.6 Å². The Morgan fingerprint density at radius 1 is 1.25 bits per heavy atom. The molecule has 0 fully saturated rings. The van der Waals surface area contributed by atoms with Crippen molar-refractivity contribution in [2.45, 2.75) is 19.9 Å². The number of hydrogen-bond acceptors (Lipinski definition) is 3. The highest BCUT2D eigenvalue weighted by Crippen LogP contribution is 2.24. The monoisotopic (exact) mass is 342 g/mol. The van der Waals surface area contributed by atoms with E-state index < -0.39 is 0 Å². The van der Waals surface area contributed by atoms with Gasteiger partial charge in [0, 0.05) is 6.54 Å². The molecule has 2 aromatic rings. The van der Waals surface area contributed by atoms with Gasteiger partial charge in [0.25, 0.3) is 5.91 Å². The molecule has 0 aliphatic heterocycles. The molecule has 124 valence electrons. The summed E-state index contributed by atoms with van der Waals surface area (Å²) in [5.41, 5.74) is 1.57. The quantitative estimate of drug-likeness (QED) is 0.790. The highest BCUT2D eigenvalue weighted by atomic mass is 35.5. The molecule has 0 radical (unpaired) electrons. The second-order valence-corrected chi connectivity index (χ2v) is 5.72. The van der Waals surface area contributed by atoms with Crippen molar-refractivity contribution >= 4 is 17.5 Å². The SMILES string of the molecule is CCN(C(=O)COc1ccccc1Cl)C(C)c1ccc(C#N)cc1. The van der Waals surface area contributed by atoms with Crippen LogP contribution in [0.4, 0.5) is 0 Å². The maximum Gasteiger partial charge on any atom is 0.261 e. The first-order valence-corrected chi connectivity index (χ1v) is 8.11. The number of halogens is 1. The number of amides is 1. The average molecular weight is 343 g/mol. The Bertz CT molecular complexity index is 738. The van der Waals surface area contributed by atoms with E-state index in [0.29, 0.717) is 22.9 Å². The lowest BCUT2D eigenvalue weighted by molar-refractivity contribution is -0.135. The molecule has 0 N–H and O–H groups in total. The summed E-state index contributed by atoms with van der Waals surface area (Å²) in [5.74, 6) is 0.379. The molecule has 2 aromatic carbocycles. The highest BCUT2D eigenvalue weighted by Gasteiger charge is 2.20. The van der Waals surface area contributed by atoms with Gasteiger partial charge in [-0.1, -0.05) is 35.9 Å². The standard InChI is InChI=1S/C19H19ClN2O2/c1-3-22(14(2)16-10-8-15(12-21)9-11-16)19(23)13-24-18-7-5-4-6-17(18)20/h4-11,14H,3,13H2,1-2H3. The van der Waals surface area contributed by atoms with Gasteiger partial charge in [-0.05, 0) is 43.7 Å². The summed E-state index contributed by atoms with van der Waals surface area (Å²) in [6.45, 7) is 4.37. The molecule has 2 rings (SSSR count). The van der Waals surface area contributed by atoms with Gasteiger partial charge < -0.3 is 9.64 Å². The predicted octanol–water partition coefficient (Wildman–Crippen LogP) is 4.20. The number of likely N-dealkylation sites (N-methyl/N-ethyl adjacent to an activating group) is 1. The smallest absolute Gasteiger partial charge is 0.261 e. The fourth-order valence-electron chi connectivity index (χ4n) is 2.47. The Balaban J connectivity index is 2.04. The van der Waals surface area contributed by atoms with Gasteiger partial charge in [0.05, 0.1) is 22.7 Å². The summed E-state index contributed by atoms with van der Waals surface area (Å²) < 4.78 is 5.54. The van der Waals surface area contributed by atoms with Crippen LogP contribution >= 0.6 is 11.6 Å². The summed E-state index contributed by atoms with van der Waals surface area (Å²) in [7, 11) is 0. The first-order valence-electron chi connectivity index (χ1n) is 7.73. The van der Waals surface area contributed by atoms with Crippen LogP contribution in [0.5, 0.6) is 5.75 Å². The van der Waals surface area contributed by atoms with E-state index in [4.69, 9.17) is 21.6 Å². The van der Waals surface area contributed by atoms with Gasteiger partial charge in [0.15, 0.2) is 6.61 Å². The van der Waals surface area contributed by atoms with Crippen LogP contribution in [-0.2, 0) is 4.79 Å². The molecular formula is C19H19ClN2O2. The van der Waals surface area contributed by atoms with Gasteiger partial charge in [0.1, 0.15) is 5.75 Å². The average Bonchev–Trinajstić information content (AvgIpc) is 2.61. The molecular weight excluding hydrogens is 324 g/mol. The Kier molecular flexibility index (Phi) is 6.22. The third kappa shape index (κ3) is 4.27. The fourth-order valence-corrected chi connectivity index (χ4v) is 2.66. The normalized spacial score (nSPS) is 11.4. The molecule has 1 amide bonds. The topological polar surface area (TPSA) is 53.3 Å². The molecule has 0 saturated heterocycles. The van der Waals surface area contributed by atoms with Crippen molar-refractivity contribution in [3.05, 3.63) is 64.7 Å². The highest BCUT2D eigenvalue weighted by molar-refractivity contribution is 6.32. The van der Waals surface area contributed by atoms with Crippen molar-refractivity contribution in [2.75, 3.05) is 13.2 Å². The Morgan fingerprint density at radius 3 is 2.50 bits per heavy atom. The van der Waals surface area contributed by atoms with E-state index in [1.807, 2.05) is 38.1 Å². The van der Waals surface area contributed by atoms with Crippen LogP contribution < -0.4 is 4.74 Å². The van der Waals surface area contributed by atoms with Crippen LogP contribution in [-0.4, -0.2) is 24.0 Å². The van der Waals surface area contributed by atoms with Crippen LogP contribution in [0.15, 0.2) is 48.5 Å². The number of hydrogen-bond donors (Lipinski definition) is 0. The molecule has 0 spiro atoms. The van der Waals surface area contributed by atoms with Crippen molar-refractivity contribution in [3.63, 3.8) is 0 Å². The number of nitrogens with zero attached hydrogens (tertiary/aromatic N) is 2. The number of rotatable bonds is 6.